The fraction of sp³-hybridized carbons (Fsp3) is 0.500. The number of sulfonamides is 1. The van der Waals surface area contributed by atoms with Crippen LogP contribution in [0.3, 0.4) is 0 Å². The van der Waals surface area contributed by atoms with Crippen LogP contribution in [0, 0.1) is 0 Å². The van der Waals surface area contributed by atoms with E-state index in [9.17, 15) is 8.42 Å². The van der Waals surface area contributed by atoms with Crippen molar-refractivity contribution in [1.29, 1.82) is 0 Å². The summed E-state index contributed by atoms with van der Waals surface area (Å²) in [6.45, 7) is 1.78. The van der Waals surface area contributed by atoms with Crippen molar-refractivity contribution in [2.24, 2.45) is 0 Å². The van der Waals surface area contributed by atoms with Gasteiger partial charge in [-0.3, -0.25) is 0 Å². The molecule has 9 heteroatoms. The van der Waals surface area contributed by atoms with E-state index in [1.54, 1.807) is 6.92 Å². The Kier molecular flexibility index (Phi) is 2.67. The molecule has 0 aliphatic carbocycles. The van der Waals surface area contributed by atoms with E-state index in [0.29, 0.717) is 9.97 Å². The molecule has 2 aromatic rings. The molecule has 0 bridgehead atoms. The van der Waals surface area contributed by atoms with Crippen LogP contribution in [0.1, 0.15) is 11.9 Å². The summed E-state index contributed by atoms with van der Waals surface area (Å²) in [5.74, 6) is 0.0665. The first-order valence-corrected chi connectivity index (χ1v) is 6.70. The lowest BCUT2D eigenvalue weighted by Gasteiger charge is -1.99. The lowest BCUT2D eigenvalue weighted by atomic mass is 10.7. The summed E-state index contributed by atoms with van der Waals surface area (Å²) in [4.78, 5) is 0.653. The fourth-order valence-corrected chi connectivity index (χ4v) is 2.35. The van der Waals surface area contributed by atoms with E-state index in [2.05, 4.69) is 20.0 Å². The molecule has 82 valence electrons. The fourth-order valence-electron chi connectivity index (χ4n) is 0.946. The van der Waals surface area contributed by atoms with Gasteiger partial charge in [-0.25, -0.2) is 13.1 Å². The molecule has 0 fully saturated rings. The topological polar surface area (TPSA) is 89.2 Å². The van der Waals surface area contributed by atoms with Crippen molar-refractivity contribution in [2.75, 3.05) is 5.75 Å². The standard InChI is InChI=1S/C6H9N5O2S2/c1-2-15(12,13)8-3-5-10-11-4-7-9-6(11)14-5/h4,8H,2-3H2,1H3. The van der Waals surface area contributed by atoms with E-state index in [1.165, 1.54) is 22.2 Å². The molecule has 0 aliphatic rings. The van der Waals surface area contributed by atoms with Gasteiger partial charge in [0.05, 0.1) is 12.3 Å². The Morgan fingerprint density at radius 3 is 3.07 bits per heavy atom. The monoisotopic (exact) mass is 247 g/mol. The van der Waals surface area contributed by atoms with Gasteiger partial charge in [0.25, 0.3) is 0 Å². The van der Waals surface area contributed by atoms with Gasteiger partial charge in [-0.05, 0) is 6.92 Å². The number of rotatable bonds is 4. The average Bonchev–Trinajstić information content (AvgIpc) is 2.74. The van der Waals surface area contributed by atoms with Gasteiger partial charge in [0.15, 0.2) is 0 Å². The number of hydrogen-bond acceptors (Lipinski definition) is 6. The summed E-state index contributed by atoms with van der Waals surface area (Å²) in [5, 5.41) is 12.2. The Bertz CT molecular complexity index is 528. The summed E-state index contributed by atoms with van der Waals surface area (Å²) in [7, 11) is -3.17. The Labute approximate surface area is 90.2 Å². The third kappa shape index (κ3) is 2.30. The van der Waals surface area contributed by atoms with Crippen LogP contribution in [-0.2, 0) is 16.6 Å². The predicted molar refractivity (Wildman–Crippen MR) is 55.0 cm³/mol. The molecule has 0 aromatic carbocycles. The van der Waals surface area contributed by atoms with E-state index in [0.717, 1.165) is 0 Å². The zero-order valence-corrected chi connectivity index (χ0v) is 9.55. The van der Waals surface area contributed by atoms with Gasteiger partial charge >= 0.3 is 0 Å². The molecule has 1 N–H and O–H groups in total. The first kappa shape index (κ1) is 10.5. The second-order valence-corrected chi connectivity index (χ2v) is 5.91. The lowest BCUT2D eigenvalue weighted by Crippen LogP contribution is -2.24. The predicted octanol–water partition coefficient (Wildman–Crippen LogP) is -0.375. The van der Waals surface area contributed by atoms with Crippen molar-refractivity contribution in [3.8, 4) is 0 Å². The molecule has 0 radical (unpaired) electrons. The second kappa shape index (κ2) is 3.83. The minimum absolute atomic E-state index is 0.0665. The van der Waals surface area contributed by atoms with E-state index >= 15 is 0 Å². The highest BCUT2D eigenvalue weighted by atomic mass is 32.2. The van der Waals surface area contributed by atoms with Crippen LogP contribution in [0.2, 0.25) is 0 Å². The Morgan fingerprint density at radius 1 is 1.60 bits per heavy atom. The average molecular weight is 247 g/mol. The molecular formula is C6H9N5O2S2. The van der Waals surface area contributed by atoms with Gasteiger partial charge < -0.3 is 0 Å². The minimum atomic E-state index is -3.17. The van der Waals surface area contributed by atoms with Crippen molar-refractivity contribution in [3.05, 3.63) is 11.3 Å². The third-order valence-electron chi connectivity index (χ3n) is 1.75. The normalized spacial score (nSPS) is 12.3. The summed E-state index contributed by atoms with van der Waals surface area (Å²) in [6, 6.07) is 0. The van der Waals surface area contributed by atoms with Crippen molar-refractivity contribution >= 4 is 26.3 Å². The molecule has 0 amide bonds. The first-order chi connectivity index (χ1) is 7.11. The highest BCUT2D eigenvalue weighted by Crippen LogP contribution is 2.11. The van der Waals surface area contributed by atoms with Crippen LogP contribution >= 0.6 is 11.3 Å². The summed E-state index contributed by atoms with van der Waals surface area (Å²) < 4.78 is 26.3. The Balaban J connectivity index is 2.10. The molecule has 7 nitrogen and oxygen atoms in total. The summed E-state index contributed by atoms with van der Waals surface area (Å²) in [5.41, 5.74) is 0. The molecule has 0 spiro atoms. The number of nitrogens with zero attached hydrogens (tertiary/aromatic N) is 4. The van der Waals surface area contributed by atoms with Crippen LogP contribution in [0.4, 0.5) is 0 Å². The maximum atomic E-state index is 11.2. The largest absolute Gasteiger partial charge is 0.234 e. The number of fused-ring (bicyclic) bond motifs is 1. The molecule has 0 unspecified atom stereocenters. The first-order valence-electron chi connectivity index (χ1n) is 4.24. The maximum Gasteiger partial charge on any atom is 0.234 e. The summed E-state index contributed by atoms with van der Waals surface area (Å²) >= 11 is 1.31. The van der Waals surface area contributed by atoms with Crippen molar-refractivity contribution in [1.82, 2.24) is 24.5 Å². The van der Waals surface area contributed by atoms with E-state index in [1.807, 2.05) is 0 Å². The van der Waals surface area contributed by atoms with Gasteiger partial charge in [0.2, 0.25) is 15.0 Å². The molecule has 0 saturated carbocycles. The smallest absolute Gasteiger partial charge is 0.212 e. The van der Waals surface area contributed by atoms with E-state index in [4.69, 9.17) is 0 Å². The third-order valence-corrected chi connectivity index (χ3v) is 4.01. The highest BCUT2D eigenvalue weighted by Gasteiger charge is 2.09. The van der Waals surface area contributed by atoms with Crippen LogP contribution in [-0.4, -0.2) is 34.0 Å². The SMILES string of the molecule is CCS(=O)(=O)NCc1nn2cnnc2s1. The molecule has 2 aromatic heterocycles. The highest BCUT2D eigenvalue weighted by molar-refractivity contribution is 7.89. The zero-order chi connectivity index (χ0) is 10.9. The lowest BCUT2D eigenvalue weighted by molar-refractivity contribution is 0.582. The van der Waals surface area contributed by atoms with Gasteiger partial charge in [-0.15, -0.1) is 10.2 Å². The number of nitrogens with one attached hydrogen (secondary N) is 1. The van der Waals surface area contributed by atoms with Crippen molar-refractivity contribution < 1.29 is 8.42 Å². The van der Waals surface area contributed by atoms with Crippen molar-refractivity contribution in [2.45, 2.75) is 13.5 Å². The van der Waals surface area contributed by atoms with Crippen molar-refractivity contribution in [3.63, 3.8) is 0 Å². The van der Waals surface area contributed by atoms with E-state index < -0.39 is 10.0 Å². The number of hydrogen-bond donors (Lipinski definition) is 1. The molecule has 0 saturated heterocycles. The van der Waals surface area contributed by atoms with Crippen LogP contribution in [0.25, 0.3) is 4.96 Å². The molecule has 2 rings (SSSR count). The quantitative estimate of drug-likeness (QED) is 0.796. The molecule has 2 heterocycles. The van der Waals surface area contributed by atoms with Crippen LogP contribution in [0.15, 0.2) is 6.33 Å². The van der Waals surface area contributed by atoms with Gasteiger partial charge in [0, 0.05) is 0 Å². The number of aromatic nitrogens is 4. The zero-order valence-electron chi connectivity index (χ0n) is 7.91. The molecular weight excluding hydrogens is 238 g/mol. The van der Waals surface area contributed by atoms with Gasteiger partial charge in [0.1, 0.15) is 11.3 Å². The minimum Gasteiger partial charge on any atom is -0.212 e. The van der Waals surface area contributed by atoms with Gasteiger partial charge in [-0.2, -0.15) is 9.61 Å². The van der Waals surface area contributed by atoms with E-state index in [-0.39, 0.29) is 12.3 Å². The second-order valence-electron chi connectivity index (χ2n) is 2.78. The molecule has 0 atom stereocenters. The molecule has 0 aliphatic heterocycles. The maximum absolute atomic E-state index is 11.2. The Hall–Kier alpha value is -1.06. The van der Waals surface area contributed by atoms with Crippen LogP contribution < -0.4 is 4.72 Å². The summed E-state index contributed by atoms with van der Waals surface area (Å²) in [6.07, 6.45) is 1.48. The molecule has 15 heavy (non-hydrogen) atoms. The van der Waals surface area contributed by atoms with Gasteiger partial charge in [-0.1, -0.05) is 11.3 Å². The van der Waals surface area contributed by atoms with Crippen LogP contribution in [0.5, 0.6) is 0 Å². The Morgan fingerprint density at radius 2 is 2.40 bits per heavy atom.